The van der Waals surface area contributed by atoms with Crippen molar-refractivity contribution in [2.75, 3.05) is 18.1 Å². The lowest BCUT2D eigenvalue weighted by Crippen LogP contribution is -2.00. The summed E-state index contributed by atoms with van der Waals surface area (Å²) in [5.41, 5.74) is 7.88. The number of halogens is 1. The standard InChI is InChI=1S/C15H16BrNOS/c1-11-14(17)3-2-4-15(11)19-10-9-18-13-7-5-12(16)6-8-13/h2-8H,9-10,17H2,1H3. The number of ether oxygens (including phenoxy) is 1. The Hall–Kier alpha value is -1.13. The maximum absolute atomic E-state index is 5.88. The number of anilines is 1. The average Bonchev–Trinajstić information content (AvgIpc) is 2.41. The second-order valence-electron chi connectivity index (χ2n) is 4.12. The lowest BCUT2D eigenvalue weighted by molar-refractivity contribution is 0.344. The van der Waals surface area contributed by atoms with E-state index in [1.807, 2.05) is 43.3 Å². The van der Waals surface area contributed by atoms with Gasteiger partial charge in [-0.05, 0) is 48.9 Å². The Labute approximate surface area is 126 Å². The summed E-state index contributed by atoms with van der Waals surface area (Å²) >= 11 is 5.17. The summed E-state index contributed by atoms with van der Waals surface area (Å²) in [5.74, 6) is 1.80. The van der Waals surface area contributed by atoms with Gasteiger partial charge < -0.3 is 10.5 Å². The molecule has 0 spiro atoms. The third-order valence-electron chi connectivity index (χ3n) is 2.75. The average molecular weight is 338 g/mol. The van der Waals surface area contributed by atoms with Gasteiger partial charge in [-0.1, -0.05) is 22.0 Å². The molecule has 4 heteroatoms. The van der Waals surface area contributed by atoms with Gasteiger partial charge in [-0.25, -0.2) is 0 Å². The fourth-order valence-electron chi connectivity index (χ4n) is 1.63. The largest absolute Gasteiger partial charge is 0.493 e. The number of hydrogen-bond donors (Lipinski definition) is 1. The first-order chi connectivity index (χ1) is 9.16. The van der Waals surface area contributed by atoms with Crippen molar-refractivity contribution in [3.05, 3.63) is 52.5 Å². The van der Waals surface area contributed by atoms with E-state index in [0.29, 0.717) is 6.61 Å². The van der Waals surface area contributed by atoms with Gasteiger partial charge in [-0.2, -0.15) is 0 Å². The molecule has 0 saturated carbocycles. The molecule has 2 N–H and O–H groups in total. The summed E-state index contributed by atoms with van der Waals surface area (Å²) in [4.78, 5) is 1.22. The van der Waals surface area contributed by atoms with Crippen LogP contribution in [0.5, 0.6) is 5.75 Å². The maximum atomic E-state index is 5.88. The molecule has 0 heterocycles. The second kappa shape index (κ2) is 6.87. The summed E-state index contributed by atoms with van der Waals surface area (Å²) in [7, 11) is 0. The van der Waals surface area contributed by atoms with E-state index in [2.05, 4.69) is 22.0 Å². The van der Waals surface area contributed by atoms with Crippen LogP contribution >= 0.6 is 27.7 Å². The number of nitrogen functional groups attached to an aromatic ring is 1. The van der Waals surface area contributed by atoms with E-state index < -0.39 is 0 Å². The Morgan fingerprint density at radius 3 is 2.63 bits per heavy atom. The molecule has 0 radical (unpaired) electrons. The molecule has 100 valence electrons. The van der Waals surface area contributed by atoms with Crippen molar-refractivity contribution in [1.29, 1.82) is 0 Å². The molecule has 0 saturated heterocycles. The van der Waals surface area contributed by atoms with E-state index in [-0.39, 0.29) is 0 Å². The fraction of sp³-hybridized carbons (Fsp3) is 0.200. The first kappa shape index (κ1) is 14.3. The van der Waals surface area contributed by atoms with Crippen LogP contribution in [0.3, 0.4) is 0 Å². The van der Waals surface area contributed by atoms with Crippen LogP contribution in [0.15, 0.2) is 51.8 Å². The molecule has 2 aromatic carbocycles. The molecule has 0 aliphatic heterocycles. The summed E-state index contributed by atoms with van der Waals surface area (Å²) in [6, 6.07) is 13.9. The Bertz CT molecular complexity index is 542. The van der Waals surface area contributed by atoms with Gasteiger partial charge >= 0.3 is 0 Å². The molecule has 0 fully saturated rings. The van der Waals surface area contributed by atoms with Gasteiger partial charge in [0.1, 0.15) is 5.75 Å². The number of nitrogens with two attached hydrogens (primary N) is 1. The van der Waals surface area contributed by atoms with E-state index in [1.54, 1.807) is 11.8 Å². The van der Waals surface area contributed by atoms with Crippen LogP contribution in [0.25, 0.3) is 0 Å². The third kappa shape index (κ3) is 4.18. The van der Waals surface area contributed by atoms with Gasteiger partial charge in [-0.3, -0.25) is 0 Å². The van der Waals surface area contributed by atoms with Crippen LogP contribution in [-0.2, 0) is 0 Å². The normalized spacial score (nSPS) is 10.4. The number of rotatable bonds is 5. The van der Waals surface area contributed by atoms with Crippen molar-refractivity contribution in [1.82, 2.24) is 0 Å². The monoisotopic (exact) mass is 337 g/mol. The molecule has 2 rings (SSSR count). The van der Waals surface area contributed by atoms with Crippen molar-refractivity contribution in [3.63, 3.8) is 0 Å². The minimum atomic E-state index is 0.681. The molecule has 2 aromatic rings. The van der Waals surface area contributed by atoms with Gasteiger partial charge in [0, 0.05) is 20.8 Å². The Kier molecular flexibility index (Phi) is 5.16. The molecule has 19 heavy (non-hydrogen) atoms. The molecule has 0 aromatic heterocycles. The van der Waals surface area contributed by atoms with Gasteiger partial charge in [0.25, 0.3) is 0 Å². The number of thioether (sulfide) groups is 1. The zero-order chi connectivity index (χ0) is 13.7. The molecule has 0 aliphatic rings. The van der Waals surface area contributed by atoms with Gasteiger partial charge in [0.05, 0.1) is 6.61 Å². The van der Waals surface area contributed by atoms with Crippen LogP contribution in [0, 0.1) is 6.92 Å². The van der Waals surface area contributed by atoms with Gasteiger partial charge in [-0.15, -0.1) is 11.8 Å². The molecule has 0 unspecified atom stereocenters. The first-order valence-electron chi connectivity index (χ1n) is 6.03. The highest BCUT2D eigenvalue weighted by atomic mass is 79.9. The zero-order valence-corrected chi connectivity index (χ0v) is 13.1. The van der Waals surface area contributed by atoms with Crippen LogP contribution in [0.4, 0.5) is 5.69 Å². The third-order valence-corrected chi connectivity index (χ3v) is 4.40. The van der Waals surface area contributed by atoms with Crippen molar-refractivity contribution in [2.24, 2.45) is 0 Å². The molecule has 0 aliphatic carbocycles. The fourth-order valence-corrected chi connectivity index (χ4v) is 2.79. The molecule has 0 atom stereocenters. The minimum absolute atomic E-state index is 0.681. The van der Waals surface area contributed by atoms with Crippen molar-refractivity contribution >= 4 is 33.4 Å². The van der Waals surface area contributed by atoms with Crippen molar-refractivity contribution in [2.45, 2.75) is 11.8 Å². The Morgan fingerprint density at radius 2 is 1.89 bits per heavy atom. The second-order valence-corrected chi connectivity index (χ2v) is 6.17. The van der Waals surface area contributed by atoms with E-state index in [4.69, 9.17) is 10.5 Å². The molecule has 2 nitrogen and oxygen atoms in total. The van der Waals surface area contributed by atoms with E-state index in [9.17, 15) is 0 Å². The number of benzene rings is 2. The highest BCUT2D eigenvalue weighted by Gasteiger charge is 2.02. The number of hydrogen-bond acceptors (Lipinski definition) is 3. The predicted molar refractivity (Wildman–Crippen MR) is 86.0 cm³/mol. The van der Waals surface area contributed by atoms with E-state index >= 15 is 0 Å². The molecule has 0 amide bonds. The van der Waals surface area contributed by atoms with Crippen LogP contribution in [0.1, 0.15) is 5.56 Å². The van der Waals surface area contributed by atoms with Gasteiger partial charge in [0.15, 0.2) is 0 Å². The Balaban J connectivity index is 1.81. The van der Waals surface area contributed by atoms with E-state index in [0.717, 1.165) is 27.2 Å². The highest BCUT2D eigenvalue weighted by molar-refractivity contribution is 9.10. The van der Waals surface area contributed by atoms with Crippen LogP contribution in [-0.4, -0.2) is 12.4 Å². The molecular weight excluding hydrogens is 322 g/mol. The lowest BCUT2D eigenvalue weighted by Gasteiger charge is -2.09. The lowest BCUT2D eigenvalue weighted by atomic mass is 10.2. The van der Waals surface area contributed by atoms with Crippen LogP contribution in [0.2, 0.25) is 0 Å². The van der Waals surface area contributed by atoms with Crippen molar-refractivity contribution < 1.29 is 4.74 Å². The topological polar surface area (TPSA) is 35.2 Å². The quantitative estimate of drug-likeness (QED) is 0.495. The predicted octanol–water partition coefficient (Wildman–Crippen LogP) is 4.51. The SMILES string of the molecule is Cc1c(N)cccc1SCCOc1ccc(Br)cc1. The molecular formula is C15H16BrNOS. The van der Waals surface area contributed by atoms with Crippen molar-refractivity contribution in [3.8, 4) is 5.75 Å². The summed E-state index contributed by atoms with van der Waals surface area (Å²) in [5, 5.41) is 0. The summed E-state index contributed by atoms with van der Waals surface area (Å²) in [6.07, 6.45) is 0. The summed E-state index contributed by atoms with van der Waals surface area (Å²) < 4.78 is 6.74. The molecule has 0 bridgehead atoms. The first-order valence-corrected chi connectivity index (χ1v) is 7.81. The minimum Gasteiger partial charge on any atom is -0.493 e. The van der Waals surface area contributed by atoms with E-state index in [1.165, 1.54) is 4.90 Å². The van der Waals surface area contributed by atoms with Gasteiger partial charge in [0.2, 0.25) is 0 Å². The Morgan fingerprint density at radius 1 is 1.16 bits per heavy atom. The van der Waals surface area contributed by atoms with Crippen LogP contribution < -0.4 is 10.5 Å². The zero-order valence-electron chi connectivity index (χ0n) is 10.7. The smallest absolute Gasteiger partial charge is 0.119 e. The summed E-state index contributed by atoms with van der Waals surface area (Å²) in [6.45, 7) is 2.73. The highest BCUT2D eigenvalue weighted by Crippen LogP contribution is 2.26. The maximum Gasteiger partial charge on any atom is 0.119 e.